The molecule has 29 heavy (non-hydrogen) atoms. The number of aromatic nitrogens is 1. The highest BCUT2D eigenvalue weighted by atomic mass is 19.1. The molecule has 3 aromatic rings. The summed E-state index contributed by atoms with van der Waals surface area (Å²) in [6, 6.07) is 14.7. The predicted molar refractivity (Wildman–Crippen MR) is 115 cm³/mol. The number of fused-ring (bicyclic) bond motifs is 1. The van der Waals surface area contributed by atoms with Crippen molar-refractivity contribution in [3.63, 3.8) is 0 Å². The number of carbonyl (C=O) groups excluding carboxylic acids is 1. The van der Waals surface area contributed by atoms with Crippen LogP contribution < -0.4 is 5.32 Å². The summed E-state index contributed by atoms with van der Waals surface area (Å²) in [6.45, 7) is 4.10. The van der Waals surface area contributed by atoms with Gasteiger partial charge in [0, 0.05) is 23.2 Å². The van der Waals surface area contributed by atoms with Gasteiger partial charge in [-0.15, -0.1) is 0 Å². The van der Waals surface area contributed by atoms with E-state index in [-0.39, 0.29) is 17.8 Å². The van der Waals surface area contributed by atoms with Gasteiger partial charge in [0.05, 0.1) is 5.52 Å². The van der Waals surface area contributed by atoms with Crippen molar-refractivity contribution in [3.05, 3.63) is 77.2 Å². The van der Waals surface area contributed by atoms with E-state index < -0.39 is 0 Å². The molecule has 150 valence electrons. The van der Waals surface area contributed by atoms with Crippen molar-refractivity contribution in [2.75, 3.05) is 0 Å². The summed E-state index contributed by atoms with van der Waals surface area (Å²) >= 11 is 0. The van der Waals surface area contributed by atoms with Crippen molar-refractivity contribution in [3.8, 4) is 0 Å². The van der Waals surface area contributed by atoms with Gasteiger partial charge in [0.25, 0.3) is 5.91 Å². The fourth-order valence-electron chi connectivity index (χ4n) is 4.62. The van der Waals surface area contributed by atoms with Crippen LogP contribution in [0.3, 0.4) is 0 Å². The monoisotopic (exact) mass is 390 g/mol. The molecule has 0 aliphatic heterocycles. The molecule has 1 heterocycles. The average molecular weight is 391 g/mol. The van der Waals surface area contributed by atoms with Crippen LogP contribution in [0.4, 0.5) is 4.39 Å². The lowest BCUT2D eigenvalue weighted by atomic mass is 9.75. The average Bonchev–Trinajstić information content (AvgIpc) is 2.73. The lowest BCUT2D eigenvalue weighted by molar-refractivity contribution is 0.0917. The highest BCUT2D eigenvalue weighted by Crippen LogP contribution is 2.39. The summed E-state index contributed by atoms with van der Waals surface area (Å²) in [5, 5.41) is 4.11. The summed E-state index contributed by atoms with van der Waals surface area (Å²) < 4.78 is 13.8. The zero-order valence-electron chi connectivity index (χ0n) is 17.0. The molecule has 1 saturated carbocycles. The largest absolute Gasteiger partial charge is 0.349 e. The molecule has 4 heteroatoms. The first-order valence-corrected chi connectivity index (χ1v) is 10.4. The van der Waals surface area contributed by atoms with Crippen molar-refractivity contribution >= 4 is 16.8 Å². The predicted octanol–water partition coefficient (Wildman–Crippen LogP) is 5.77. The Hall–Kier alpha value is -2.75. The third kappa shape index (κ3) is 4.31. The molecule has 1 atom stereocenters. The molecule has 1 fully saturated rings. The van der Waals surface area contributed by atoms with E-state index in [1.165, 1.54) is 11.6 Å². The number of carbonyl (C=O) groups is 1. The van der Waals surface area contributed by atoms with Gasteiger partial charge in [0.1, 0.15) is 5.82 Å². The van der Waals surface area contributed by atoms with Gasteiger partial charge in [-0.05, 0) is 93.3 Å². The molecule has 2 aromatic carbocycles. The van der Waals surface area contributed by atoms with E-state index in [4.69, 9.17) is 0 Å². The van der Waals surface area contributed by atoms with Crippen LogP contribution in [0.5, 0.6) is 0 Å². The van der Waals surface area contributed by atoms with Crippen LogP contribution in [-0.4, -0.2) is 16.9 Å². The molecular weight excluding hydrogens is 363 g/mol. The zero-order valence-corrected chi connectivity index (χ0v) is 17.0. The van der Waals surface area contributed by atoms with E-state index in [1.54, 1.807) is 12.1 Å². The van der Waals surface area contributed by atoms with Crippen LogP contribution in [0.15, 0.2) is 54.7 Å². The Balaban J connectivity index is 1.41. The zero-order chi connectivity index (χ0) is 20.4. The minimum atomic E-state index is -0.215. The molecular formula is C25H27FN2O. The maximum absolute atomic E-state index is 13.8. The normalized spacial score (nSPS) is 20.4. The summed E-state index contributed by atoms with van der Waals surface area (Å²) in [6.07, 6.45) is 6.03. The maximum Gasteiger partial charge on any atom is 0.251 e. The molecule has 0 saturated heterocycles. The van der Waals surface area contributed by atoms with Gasteiger partial charge in [0.2, 0.25) is 0 Å². The Morgan fingerprint density at radius 3 is 2.66 bits per heavy atom. The number of amides is 1. The fraction of sp³-hybridized carbons (Fsp3) is 0.360. The second-order valence-corrected chi connectivity index (χ2v) is 8.30. The van der Waals surface area contributed by atoms with Gasteiger partial charge >= 0.3 is 0 Å². The smallest absolute Gasteiger partial charge is 0.251 e. The van der Waals surface area contributed by atoms with Crippen LogP contribution in [0.2, 0.25) is 0 Å². The molecule has 1 aromatic heterocycles. The van der Waals surface area contributed by atoms with Gasteiger partial charge < -0.3 is 5.32 Å². The Kier molecular flexibility index (Phi) is 5.61. The number of benzene rings is 2. The van der Waals surface area contributed by atoms with Crippen molar-refractivity contribution in [2.45, 2.75) is 51.5 Å². The first-order chi connectivity index (χ1) is 14.0. The number of pyridine rings is 1. The van der Waals surface area contributed by atoms with E-state index in [0.29, 0.717) is 11.8 Å². The molecule has 1 aliphatic rings. The van der Waals surface area contributed by atoms with Crippen molar-refractivity contribution in [1.29, 1.82) is 0 Å². The number of halogens is 1. The van der Waals surface area contributed by atoms with Crippen LogP contribution in [0.25, 0.3) is 10.9 Å². The molecule has 0 spiro atoms. The molecule has 0 unspecified atom stereocenters. The van der Waals surface area contributed by atoms with Crippen molar-refractivity contribution < 1.29 is 9.18 Å². The lowest BCUT2D eigenvalue weighted by Crippen LogP contribution is -2.39. The van der Waals surface area contributed by atoms with Crippen LogP contribution in [0.1, 0.15) is 60.0 Å². The quantitative estimate of drug-likeness (QED) is 0.614. The van der Waals surface area contributed by atoms with Gasteiger partial charge in [-0.1, -0.05) is 17.7 Å². The van der Waals surface area contributed by atoms with Gasteiger partial charge in [-0.3, -0.25) is 9.78 Å². The number of rotatable bonds is 4. The Bertz CT molecular complexity index is 1020. The Morgan fingerprint density at radius 2 is 1.90 bits per heavy atom. The number of hydrogen-bond donors (Lipinski definition) is 1. The highest BCUT2D eigenvalue weighted by molar-refractivity contribution is 5.94. The SMILES string of the molecule is Cc1cccc(C(=O)N[C@H](C)[C@H]2CC[C@H](c3ccnc4ccc(F)cc43)CC2)c1. The van der Waals surface area contributed by atoms with Crippen molar-refractivity contribution in [1.82, 2.24) is 10.3 Å². The molecule has 4 rings (SSSR count). The molecule has 1 N–H and O–H groups in total. The second kappa shape index (κ2) is 8.32. The third-order valence-corrected chi connectivity index (χ3v) is 6.30. The third-order valence-electron chi connectivity index (χ3n) is 6.30. The number of nitrogens with zero attached hydrogens (tertiary/aromatic N) is 1. The molecule has 3 nitrogen and oxygen atoms in total. The highest BCUT2D eigenvalue weighted by Gasteiger charge is 2.28. The van der Waals surface area contributed by atoms with E-state index >= 15 is 0 Å². The molecule has 0 bridgehead atoms. The number of aryl methyl sites for hydroxylation is 1. The lowest BCUT2D eigenvalue weighted by Gasteiger charge is -2.33. The topological polar surface area (TPSA) is 42.0 Å². The molecule has 0 radical (unpaired) electrons. The first kappa shape index (κ1) is 19.6. The van der Waals surface area contributed by atoms with Gasteiger partial charge in [-0.2, -0.15) is 0 Å². The Labute approximate surface area is 171 Å². The first-order valence-electron chi connectivity index (χ1n) is 10.4. The summed E-state index contributed by atoms with van der Waals surface area (Å²) in [5.74, 6) is 0.662. The molecule has 1 aliphatic carbocycles. The Morgan fingerprint density at radius 1 is 1.10 bits per heavy atom. The summed E-state index contributed by atoms with van der Waals surface area (Å²) in [7, 11) is 0. The maximum atomic E-state index is 13.8. The second-order valence-electron chi connectivity index (χ2n) is 8.30. The van der Waals surface area contributed by atoms with Crippen LogP contribution >= 0.6 is 0 Å². The number of nitrogens with one attached hydrogen (secondary N) is 1. The van der Waals surface area contributed by atoms with E-state index in [1.807, 2.05) is 43.5 Å². The molecule has 1 amide bonds. The van der Waals surface area contributed by atoms with Crippen molar-refractivity contribution in [2.24, 2.45) is 5.92 Å². The standard InChI is InChI=1S/C25H27FN2O/c1-16-4-3-5-20(14-16)25(29)28-17(2)18-6-8-19(9-7-18)22-12-13-27-24-11-10-21(26)15-23(22)24/h3-5,10-15,17-19H,6-9H2,1-2H3,(H,28,29)/t17-,18-,19-/m1/s1. The van der Waals surface area contributed by atoms with E-state index in [2.05, 4.69) is 17.2 Å². The number of hydrogen-bond acceptors (Lipinski definition) is 2. The van der Waals surface area contributed by atoms with E-state index in [0.717, 1.165) is 47.7 Å². The summed E-state index contributed by atoms with van der Waals surface area (Å²) in [5.41, 5.74) is 3.86. The van der Waals surface area contributed by atoms with E-state index in [9.17, 15) is 9.18 Å². The van der Waals surface area contributed by atoms with Gasteiger partial charge in [-0.25, -0.2) is 4.39 Å². The minimum Gasteiger partial charge on any atom is -0.349 e. The van der Waals surface area contributed by atoms with Crippen LogP contribution in [0, 0.1) is 18.7 Å². The minimum absolute atomic E-state index is 0.000994. The fourth-order valence-corrected chi connectivity index (χ4v) is 4.62. The summed E-state index contributed by atoms with van der Waals surface area (Å²) in [4.78, 5) is 16.9. The van der Waals surface area contributed by atoms with Crippen LogP contribution in [-0.2, 0) is 0 Å². The van der Waals surface area contributed by atoms with Gasteiger partial charge in [0.15, 0.2) is 0 Å².